The Morgan fingerprint density at radius 3 is 2.32 bits per heavy atom. The molecule has 4 rings (SSSR count). The molecule has 1 atom stereocenters. The average molecular weight is 397 g/mol. The van der Waals surface area contributed by atoms with Crippen LogP contribution in [0.25, 0.3) is 11.3 Å². The Hall–Kier alpha value is -2.57. The van der Waals surface area contributed by atoms with Crippen LogP contribution < -0.4 is 14.3 Å². The summed E-state index contributed by atoms with van der Waals surface area (Å²) in [7, 11) is 3.35. The smallest absolute Gasteiger partial charge is 0.190 e. The van der Waals surface area contributed by atoms with Gasteiger partial charge in [0.2, 0.25) is 0 Å². The highest BCUT2D eigenvalue weighted by molar-refractivity contribution is 7.07. The molecule has 1 aliphatic rings. The van der Waals surface area contributed by atoms with Gasteiger partial charge in [0.25, 0.3) is 0 Å². The van der Waals surface area contributed by atoms with Crippen molar-refractivity contribution in [1.29, 1.82) is 0 Å². The van der Waals surface area contributed by atoms with Gasteiger partial charge in [0.15, 0.2) is 4.80 Å². The molecule has 2 aromatic carbocycles. The highest BCUT2D eigenvalue weighted by atomic mass is 32.1. The fraction of sp³-hybridized carbons (Fsp3) is 0.318. The third-order valence-corrected chi connectivity index (χ3v) is 5.75. The predicted molar refractivity (Wildman–Crippen MR) is 111 cm³/mol. The number of aromatic nitrogens is 1. The topological polar surface area (TPSA) is 45.0 Å². The molecule has 0 aliphatic carbocycles. The van der Waals surface area contributed by atoms with E-state index < -0.39 is 0 Å². The molecular formula is C22H24N2O3S. The molecule has 3 aromatic rings. The van der Waals surface area contributed by atoms with Crippen molar-refractivity contribution in [3.05, 3.63) is 58.7 Å². The van der Waals surface area contributed by atoms with Crippen molar-refractivity contribution >= 4 is 17.0 Å². The van der Waals surface area contributed by atoms with E-state index in [1.807, 2.05) is 36.4 Å². The van der Waals surface area contributed by atoms with Crippen LogP contribution in [0, 0.1) is 0 Å². The first-order chi connectivity index (χ1) is 13.8. The molecule has 1 aliphatic heterocycles. The quantitative estimate of drug-likeness (QED) is 0.609. The van der Waals surface area contributed by atoms with Crippen LogP contribution in [0.3, 0.4) is 0 Å². The molecular weight excluding hydrogens is 372 g/mol. The molecule has 1 fully saturated rings. The number of hydrogen-bond donors (Lipinski definition) is 0. The van der Waals surface area contributed by atoms with Gasteiger partial charge in [0.05, 0.1) is 38.2 Å². The fourth-order valence-electron chi connectivity index (χ4n) is 3.35. The van der Waals surface area contributed by atoms with Crippen molar-refractivity contribution < 1.29 is 14.2 Å². The van der Waals surface area contributed by atoms with E-state index in [1.165, 1.54) is 0 Å². The number of rotatable bonds is 6. The summed E-state index contributed by atoms with van der Waals surface area (Å²) < 4.78 is 18.7. The molecule has 0 spiro atoms. The van der Waals surface area contributed by atoms with Gasteiger partial charge in [0, 0.05) is 12.0 Å². The maximum Gasteiger partial charge on any atom is 0.190 e. The van der Waals surface area contributed by atoms with Gasteiger partial charge in [-0.2, -0.15) is 0 Å². The Labute approximate surface area is 168 Å². The minimum Gasteiger partial charge on any atom is -0.497 e. The van der Waals surface area contributed by atoms with Gasteiger partial charge in [-0.05, 0) is 66.9 Å². The first-order valence-corrected chi connectivity index (χ1v) is 10.3. The normalized spacial score (nSPS) is 17.1. The highest BCUT2D eigenvalue weighted by Gasteiger charge is 2.19. The number of nitrogens with zero attached hydrogens (tertiary/aromatic N) is 2. The van der Waals surface area contributed by atoms with Gasteiger partial charge in [0.1, 0.15) is 11.5 Å². The van der Waals surface area contributed by atoms with E-state index in [1.54, 1.807) is 25.6 Å². The van der Waals surface area contributed by atoms with E-state index in [0.717, 1.165) is 59.2 Å². The van der Waals surface area contributed by atoms with Crippen molar-refractivity contribution in [1.82, 2.24) is 4.57 Å². The summed E-state index contributed by atoms with van der Waals surface area (Å²) in [6.45, 7) is 1.65. The van der Waals surface area contributed by atoms with Crippen LogP contribution in [0.2, 0.25) is 0 Å². The lowest BCUT2D eigenvalue weighted by atomic mass is 10.1. The van der Waals surface area contributed by atoms with Crippen LogP contribution in [0.5, 0.6) is 11.5 Å². The molecule has 146 valence electrons. The largest absolute Gasteiger partial charge is 0.497 e. The second-order valence-electron chi connectivity index (χ2n) is 6.69. The summed E-state index contributed by atoms with van der Waals surface area (Å²) >= 11 is 1.65. The van der Waals surface area contributed by atoms with Crippen LogP contribution >= 0.6 is 11.3 Å². The van der Waals surface area contributed by atoms with Gasteiger partial charge < -0.3 is 18.8 Å². The molecule has 0 unspecified atom stereocenters. The average Bonchev–Trinajstić information content (AvgIpc) is 3.40. The molecule has 5 nitrogen and oxygen atoms in total. The lowest BCUT2D eigenvalue weighted by Crippen LogP contribution is -2.24. The SMILES string of the molecule is COc1ccc(N=c2scc(-c3ccc(OC)cc3)n2C[C@@H]2CCCO2)cc1. The van der Waals surface area contributed by atoms with E-state index >= 15 is 0 Å². The number of methoxy groups -OCH3 is 2. The maximum absolute atomic E-state index is 5.89. The Morgan fingerprint density at radius 1 is 1.04 bits per heavy atom. The lowest BCUT2D eigenvalue weighted by molar-refractivity contribution is 0.0968. The van der Waals surface area contributed by atoms with Crippen LogP contribution in [0.15, 0.2) is 58.9 Å². The minimum absolute atomic E-state index is 0.237. The lowest BCUT2D eigenvalue weighted by Gasteiger charge is -2.14. The van der Waals surface area contributed by atoms with E-state index in [0.29, 0.717) is 0 Å². The summed E-state index contributed by atoms with van der Waals surface area (Å²) in [5.74, 6) is 1.68. The molecule has 28 heavy (non-hydrogen) atoms. The number of thiazole rings is 1. The van der Waals surface area contributed by atoms with Crippen molar-refractivity contribution in [2.24, 2.45) is 4.99 Å². The third-order valence-electron chi connectivity index (χ3n) is 4.89. The minimum atomic E-state index is 0.237. The van der Waals surface area contributed by atoms with Crippen LogP contribution in [-0.2, 0) is 11.3 Å². The molecule has 1 saturated heterocycles. The van der Waals surface area contributed by atoms with Gasteiger partial charge in [-0.15, -0.1) is 11.3 Å². The maximum atomic E-state index is 5.89. The van der Waals surface area contributed by atoms with Crippen LogP contribution in [-0.4, -0.2) is 31.5 Å². The summed E-state index contributed by atoms with van der Waals surface area (Å²) in [6, 6.07) is 16.0. The number of benzene rings is 2. The zero-order valence-corrected chi connectivity index (χ0v) is 16.9. The predicted octanol–water partition coefficient (Wildman–Crippen LogP) is 4.65. The van der Waals surface area contributed by atoms with Crippen molar-refractivity contribution in [3.63, 3.8) is 0 Å². The Morgan fingerprint density at radius 2 is 1.71 bits per heavy atom. The Bertz CT molecular complexity index is 968. The second-order valence-corrected chi connectivity index (χ2v) is 7.52. The molecule has 1 aromatic heterocycles. The first-order valence-electron chi connectivity index (χ1n) is 9.40. The summed E-state index contributed by atoms with van der Waals surface area (Å²) in [4.78, 5) is 5.85. The number of hydrogen-bond acceptors (Lipinski definition) is 5. The first kappa shape index (κ1) is 18.8. The standard InChI is InChI=1S/C22H24N2O3S/c1-25-18-9-5-16(6-10-18)21-15-28-22(24(21)14-20-4-3-13-27-20)23-17-7-11-19(26-2)12-8-17/h5-12,15,20H,3-4,13-14H2,1-2H3/t20-/m0/s1. The Balaban J connectivity index is 1.74. The van der Waals surface area contributed by atoms with Gasteiger partial charge in [-0.3, -0.25) is 0 Å². The zero-order chi connectivity index (χ0) is 19.3. The van der Waals surface area contributed by atoms with E-state index in [-0.39, 0.29) is 6.10 Å². The third kappa shape index (κ3) is 4.13. The number of ether oxygens (including phenoxy) is 3. The molecule has 0 amide bonds. The van der Waals surface area contributed by atoms with Crippen LogP contribution in [0.4, 0.5) is 5.69 Å². The molecule has 6 heteroatoms. The van der Waals surface area contributed by atoms with Crippen LogP contribution in [0.1, 0.15) is 12.8 Å². The van der Waals surface area contributed by atoms with E-state index in [2.05, 4.69) is 22.1 Å². The van der Waals surface area contributed by atoms with Gasteiger partial charge in [-0.1, -0.05) is 0 Å². The van der Waals surface area contributed by atoms with Gasteiger partial charge in [-0.25, -0.2) is 4.99 Å². The van der Waals surface area contributed by atoms with Crippen molar-refractivity contribution in [2.75, 3.05) is 20.8 Å². The zero-order valence-electron chi connectivity index (χ0n) is 16.1. The fourth-order valence-corrected chi connectivity index (χ4v) is 4.29. The second kappa shape index (κ2) is 8.63. The molecule has 0 bridgehead atoms. The molecule has 0 N–H and O–H groups in total. The van der Waals surface area contributed by atoms with Gasteiger partial charge >= 0.3 is 0 Å². The Kier molecular flexibility index (Phi) is 5.78. The monoisotopic (exact) mass is 396 g/mol. The van der Waals surface area contributed by atoms with Crippen molar-refractivity contribution in [3.8, 4) is 22.8 Å². The molecule has 0 radical (unpaired) electrons. The van der Waals surface area contributed by atoms with E-state index in [9.17, 15) is 0 Å². The summed E-state index contributed by atoms with van der Waals surface area (Å²) in [5, 5.41) is 2.17. The summed E-state index contributed by atoms with van der Waals surface area (Å²) in [6.07, 6.45) is 2.45. The van der Waals surface area contributed by atoms with E-state index in [4.69, 9.17) is 19.2 Å². The van der Waals surface area contributed by atoms with Crippen molar-refractivity contribution in [2.45, 2.75) is 25.5 Å². The summed E-state index contributed by atoms with van der Waals surface area (Å²) in [5.41, 5.74) is 3.20. The molecule has 0 saturated carbocycles. The molecule has 2 heterocycles. The highest BCUT2D eigenvalue weighted by Crippen LogP contribution is 2.25.